The zero-order valence-electron chi connectivity index (χ0n) is 24.9. The normalized spacial score (nSPS) is 17.6. The van der Waals surface area contributed by atoms with Crippen LogP contribution in [0.15, 0.2) is 54.9 Å². The zero-order valence-corrected chi connectivity index (χ0v) is 25.6. The first-order valence-electron chi connectivity index (χ1n) is 15.2. The van der Waals surface area contributed by atoms with Crippen LogP contribution >= 0.6 is 11.6 Å². The third kappa shape index (κ3) is 7.65. The Morgan fingerprint density at radius 3 is 2.56 bits per heavy atom. The van der Waals surface area contributed by atoms with Crippen molar-refractivity contribution in [2.45, 2.75) is 38.8 Å². The number of pyridine rings is 1. The lowest BCUT2D eigenvalue weighted by Crippen LogP contribution is -2.55. The van der Waals surface area contributed by atoms with E-state index in [1.165, 1.54) is 6.07 Å². The molecule has 0 bridgehead atoms. The van der Waals surface area contributed by atoms with Gasteiger partial charge in [-0.25, -0.2) is 4.39 Å². The number of nitrogens with zero attached hydrogens (tertiary/aromatic N) is 4. The molecule has 4 N–H and O–H groups in total. The molecule has 2 aromatic carbocycles. The van der Waals surface area contributed by atoms with Gasteiger partial charge in [0, 0.05) is 73.5 Å². The second kappa shape index (κ2) is 14.5. The minimum Gasteiger partial charge on any atom is -0.493 e. The fourth-order valence-electron chi connectivity index (χ4n) is 6.22. The van der Waals surface area contributed by atoms with Crippen LogP contribution in [-0.4, -0.2) is 84.1 Å². The van der Waals surface area contributed by atoms with Crippen molar-refractivity contribution in [2.24, 2.45) is 11.7 Å². The molecule has 0 unspecified atom stereocenters. The van der Waals surface area contributed by atoms with Crippen LogP contribution in [-0.2, 0) is 17.8 Å². The molecule has 2 aliphatic rings. The Labute approximate surface area is 258 Å². The number of carbonyl (C=O) groups excluding carboxylic acids is 1. The van der Waals surface area contributed by atoms with Gasteiger partial charge in [0.25, 0.3) is 0 Å². The van der Waals surface area contributed by atoms with E-state index in [1.54, 1.807) is 24.5 Å². The van der Waals surface area contributed by atoms with Crippen LogP contribution in [0.2, 0.25) is 5.02 Å². The van der Waals surface area contributed by atoms with Gasteiger partial charge < -0.3 is 26.0 Å². The third-order valence-corrected chi connectivity index (χ3v) is 9.01. The van der Waals surface area contributed by atoms with Crippen LogP contribution in [0.4, 0.5) is 10.1 Å². The Morgan fingerprint density at radius 2 is 1.84 bits per heavy atom. The summed E-state index contributed by atoms with van der Waals surface area (Å²) in [6.07, 6.45) is 6.10. The molecule has 230 valence electrons. The lowest BCUT2D eigenvalue weighted by Gasteiger charge is -2.39. The number of nitrogen functional groups attached to an aromatic ring is 1. The van der Waals surface area contributed by atoms with E-state index >= 15 is 0 Å². The molecule has 2 aliphatic heterocycles. The van der Waals surface area contributed by atoms with E-state index in [0.717, 1.165) is 55.6 Å². The van der Waals surface area contributed by atoms with Gasteiger partial charge in [-0.15, -0.1) is 0 Å². The highest BCUT2D eigenvalue weighted by atomic mass is 35.5. The van der Waals surface area contributed by atoms with E-state index in [0.29, 0.717) is 61.4 Å². The van der Waals surface area contributed by atoms with Crippen molar-refractivity contribution in [1.29, 1.82) is 0 Å². The van der Waals surface area contributed by atoms with E-state index in [9.17, 15) is 9.18 Å². The number of benzene rings is 2. The van der Waals surface area contributed by atoms with Gasteiger partial charge in [0.15, 0.2) is 0 Å². The summed E-state index contributed by atoms with van der Waals surface area (Å²) >= 11 is 6.35. The maximum atomic E-state index is 14.5. The lowest BCUT2D eigenvalue weighted by atomic mass is 9.88. The van der Waals surface area contributed by atoms with Crippen LogP contribution in [0.5, 0.6) is 5.75 Å². The van der Waals surface area contributed by atoms with Crippen molar-refractivity contribution in [3.05, 3.63) is 76.8 Å². The van der Waals surface area contributed by atoms with Crippen molar-refractivity contribution < 1.29 is 13.9 Å². The summed E-state index contributed by atoms with van der Waals surface area (Å²) < 4.78 is 20.2. The van der Waals surface area contributed by atoms with Crippen molar-refractivity contribution in [3.63, 3.8) is 0 Å². The molecule has 5 rings (SSSR count). The number of piperidine rings is 1. The van der Waals surface area contributed by atoms with E-state index < -0.39 is 6.04 Å². The zero-order chi connectivity index (χ0) is 30.3. The summed E-state index contributed by atoms with van der Waals surface area (Å²) in [7, 11) is 0. The molecular formula is C33H42ClFN6O2. The molecule has 0 radical (unpaired) electrons. The summed E-state index contributed by atoms with van der Waals surface area (Å²) in [6.45, 7) is 8.05. The van der Waals surface area contributed by atoms with Crippen LogP contribution in [0.25, 0.3) is 11.1 Å². The van der Waals surface area contributed by atoms with Crippen LogP contribution < -0.4 is 16.2 Å². The van der Waals surface area contributed by atoms with Crippen molar-refractivity contribution in [2.75, 3.05) is 58.2 Å². The Hall–Kier alpha value is -3.24. The molecule has 8 nitrogen and oxygen atoms in total. The fraction of sp³-hybridized carbons (Fsp3) is 0.455. The summed E-state index contributed by atoms with van der Waals surface area (Å²) in [5.41, 5.74) is 17.2. The molecule has 0 saturated carbocycles. The number of halogens is 2. The minimum absolute atomic E-state index is 0.0247. The van der Waals surface area contributed by atoms with Gasteiger partial charge in [0.2, 0.25) is 5.91 Å². The highest BCUT2D eigenvalue weighted by Gasteiger charge is 2.33. The molecule has 10 heteroatoms. The van der Waals surface area contributed by atoms with Gasteiger partial charge in [0.05, 0.1) is 12.6 Å². The standard InChI is InChI=1S/C33H42ClFN6O2/c1-2-43-31-5-3-4-29(35)28(31)22-40-16-18-41(19-17-40)33(42)32(37)23-9-13-39(14-10-23)15-11-24-20-25(34)6-7-26(24)27-21-38-12-8-30(27)36/h3-8,12,20-21,23,32H,2,9-11,13-19,22,37H2,1H3,(H2,36,38)/t32-/m1/s1. The maximum Gasteiger partial charge on any atom is 0.239 e. The summed E-state index contributed by atoms with van der Waals surface area (Å²) in [6, 6.07) is 12.2. The highest BCUT2D eigenvalue weighted by molar-refractivity contribution is 6.30. The Bertz CT molecular complexity index is 1390. The summed E-state index contributed by atoms with van der Waals surface area (Å²) in [5.74, 6) is 0.507. The molecule has 3 heterocycles. The monoisotopic (exact) mass is 608 g/mol. The quantitative estimate of drug-likeness (QED) is 0.351. The molecular weight excluding hydrogens is 567 g/mol. The Kier molecular flexibility index (Phi) is 10.5. The number of ether oxygens (including phenoxy) is 1. The molecule has 2 saturated heterocycles. The van der Waals surface area contributed by atoms with Gasteiger partial charge in [-0.3, -0.25) is 14.7 Å². The van der Waals surface area contributed by atoms with Crippen LogP contribution in [0, 0.1) is 11.7 Å². The number of anilines is 1. The van der Waals surface area contributed by atoms with Gasteiger partial charge in [-0.05, 0) is 86.7 Å². The molecule has 43 heavy (non-hydrogen) atoms. The third-order valence-electron chi connectivity index (χ3n) is 8.78. The van der Waals surface area contributed by atoms with Gasteiger partial charge >= 0.3 is 0 Å². The fourth-order valence-corrected chi connectivity index (χ4v) is 6.42. The molecule has 3 aromatic rings. The van der Waals surface area contributed by atoms with Crippen molar-refractivity contribution in [3.8, 4) is 16.9 Å². The Morgan fingerprint density at radius 1 is 1.07 bits per heavy atom. The molecule has 1 atom stereocenters. The number of amides is 1. The van der Waals surface area contributed by atoms with Crippen LogP contribution in [0.1, 0.15) is 30.9 Å². The predicted octanol–water partition coefficient (Wildman–Crippen LogP) is 4.45. The summed E-state index contributed by atoms with van der Waals surface area (Å²) in [5, 5.41) is 0.702. The molecule has 0 spiro atoms. The maximum absolute atomic E-state index is 14.5. The van der Waals surface area contributed by atoms with E-state index in [-0.39, 0.29) is 17.6 Å². The van der Waals surface area contributed by atoms with Gasteiger partial charge in [-0.2, -0.15) is 0 Å². The highest BCUT2D eigenvalue weighted by Crippen LogP contribution is 2.31. The number of aromatic nitrogens is 1. The topological polar surface area (TPSA) is 101 Å². The number of carbonyl (C=O) groups is 1. The first-order valence-corrected chi connectivity index (χ1v) is 15.6. The van der Waals surface area contributed by atoms with Crippen molar-refractivity contribution in [1.82, 2.24) is 19.7 Å². The van der Waals surface area contributed by atoms with E-state index in [4.69, 9.17) is 27.8 Å². The molecule has 1 amide bonds. The number of hydrogen-bond acceptors (Lipinski definition) is 7. The van der Waals surface area contributed by atoms with E-state index in [2.05, 4.69) is 14.8 Å². The first kappa shape index (κ1) is 31.2. The van der Waals surface area contributed by atoms with Crippen molar-refractivity contribution >= 4 is 23.2 Å². The molecule has 1 aromatic heterocycles. The molecule has 0 aliphatic carbocycles. The number of rotatable bonds is 10. The summed E-state index contributed by atoms with van der Waals surface area (Å²) in [4.78, 5) is 24.1. The second-order valence-corrected chi connectivity index (χ2v) is 11.9. The largest absolute Gasteiger partial charge is 0.493 e. The SMILES string of the molecule is CCOc1cccc(F)c1CN1CCN(C(=O)[C@H](N)C2CCN(CCc3cc(Cl)ccc3-c3cnccc3N)CC2)CC1. The lowest BCUT2D eigenvalue weighted by molar-refractivity contribution is -0.136. The smallest absolute Gasteiger partial charge is 0.239 e. The molecule has 2 fully saturated rings. The van der Waals surface area contributed by atoms with E-state index in [1.807, 2.05) is 36.1 Å². The van der Waals surface area contributed by atoms with Crippen LogP contribution in [0.3, 0.4) is 0 Å². The number of hydrogen-bond donors (Lipinski definition) is 2. The Balaban J connectivity index is 1.09. The predicted molar refractivity (Wildman–Crippen MR) is 169 cm³/mol. The second-order valence-electron chi connectivity index (χ2n) is 11.5. The average molecular weight is 609 g/mol. The van der Waals surface area contributed by atoms with Gasteiger partial charge in [-0.1, -0.05) is 23.7 Å². The number of piperazine rings is 1. The number of nitrogens with two attached hydrogens (primary N) is 2. The first-order chi connectivity index (χ1) is 20.8. The average Bonchev–Trinajstić information content (AvgIpc) is 3.02. The van der Waals surface area contributed by atoms with Gasteiger partial charge in [0.1, 0.15) is 11.6 Å². The minimum atomic E-state index is -0.502. The number of likely N-dealkylation sites (tertiary alicyclic amines) is 1.